The summed E-state index contributed by atoms with van der Waals surface area (Å²) in [4.78, 5) is 39.6. The Labute approximate surface area is 172 Å². The Morgan fingerprint density at radius 2 is 1.93 bits per heavy atom. The summed E-state index contributed by atoms with van der Waals surface area (Å²) in [6.07, 6.45) is 10.1. The zero-order valence-corrected chi connectivity index (χ0v) is 17.7. The number of likely N-dealkylation sites (tertiary alicyclic amines) is 1. The summed E-state index contributed by atoms with van der Waals surface area (Å²) in [6, 6.07) is -0.797. The van der Waals surface area contributed by atoms with Gasteiger partial charge in [-0.05, 0) is 31.9 Å². The molecule has 3 atom stereocenters. The molecule has 3 heterocycles. The van der Waals surface area contributed by atoms with Gasteiger partial charge in [-0.25, -0.2) is 0 Å². The summed E-state index contributed by atoms with van der Waals surface area (Å²) in [5, 5.41) is 2.64. The molecule has 7 heteroatoms. The fourth-order valence-corrected chi connectivity index (χ4v) is 4.56. The number of hydrogen-bond donors (Lipinski definition) is 1. The lowest BCUT2D eigenvalue weighted by atomic mass is 9.85. The van der Waals surface area contributed by atoms with Gasteiger partial charge in [-0.15, -0.1) is 0 Å². The fraction of sp³-hybridized carbons (Fsp3) is 0.682. The van der Waals surface area contributed by atoms with E-state index in [-0.39, 0.29) is 31.1 Å². The van der Waals surface area contributed by atoms with Crippen LogP contribution in [0.15, 0.2) is 23.3 Å². The Morgan fingerprint density at radius 1 is 1.21 bits per heavy atom. The van der Waals surface area contributed by atoms with Gasteiger partial charge in [0, 0.05) is 6.54 Å². The normalized spacial score (nSPS) is 27.0. The van der Waals surface area contributed by atoms with E-state index in [0.29, 0.717) is 12.1 Å². The number of ether oxygens (including phenoxy) is 2. The average Bonchev–Trinajstić information content (AvgIpc) is 3.31. The molecule has 1 spiro atoms. The number of fused-ring (bicyclic) bond motifs is 1. The van der Waals surface area contributed by atoms with E-state index in [9.17, 15) is 14.4 Å². The molecule has 2 bridgehead atoms. The van der Waals surface area contributed by atoms with Crippen LogP contribution in [0.25, 0.3) is 0 Å². The van der Waals surface area contributed by atoms with Gasteiger partial charge in [0.05, 0.1) is 18.3 Å². The first-order valence-corrected chi connectivity index (χ1v) is 10.8. The third-order valence-corrected chi connectivity index (χ3v) is 5.96. The van der Waals surface area contributed by atoms with Gasteiger partial charge >= 0.3 is 5.97 Å². The monoisotopic (exact) mass is 404 g/mol. The molecule has 3 aliphatic heterocycles. The molecule has 3 rings (SSSR count). The third kappa shape index (κ3) is 3.97. The summed E-state index contributed by atoms with van der Waals surface area (Å²) >= 11 is 0. The number of unbranched alkanes of at least 4 members (excludes halogenated alkanes) is 5. The number of nitrogens with zero attached hydrogens (tertiary/aromatic N) is 1. The summed E-state index contributed by atoms with van der Waals surface area (Å²) in [7, 11) is 0. The molecular weight excluding hydrogens is 372 g/mol. The van der Waals surface area contributed by atoms with Crippen LogP contribution in [0.3, 0.4) is 0 Å². The molecule has 1 N–H and O–H groups in total. The van der Waals surface area contributed by atoms with Crippen LogP contribution in [0, 0.1) is 0 Å². The predicted molar refractivity (Wildman–Crippen MR) is 108 cm³/mol. The molecule has 0 aromatic carbocycles. The number of carbonyl (C=O) groups excluding carboxylic acids is 3. The molecule has 3 aliphatic rings. The van der Waals surface area contributed by atoms with Crippen molar-refractivity contribution in [2.45, 2.75) is 77.0 Å². The van der Waals surface area contributed by atoms with Crippen LogP contribution in [-0.2, 0) is 23.9 Å². The number of esters is 1. The topological polar surface area (TPSA) is 84.9 Å². The lowest BCUT2D eigenvalue weighted by molar-refractivity contribution is -0.145. The number of hydrogen-bond acceptors (Lipinski definition) is 5. The minimum atomic E-state index is -1.03. The van der Waals surface area contributed by atoms with Crippen LogP contribution in [0.4, 0.5) is 0 Å². The quantitative estimate of drug-likeness (QED) is 0.324. The summed E-state index contributed by atoms with van der Waals surface area (Å²) < 4.78 is 11.0. The number of rotatable bonds is 11. The molecule has 0 unspecified atom stereocenters. The third-order valence-electron chi connectivity index (χ3n) is 5.96. The van der Waals surface area contributed by atoms with Crippen LogP contribution in [0.2, 0.25) is 0 Å². The highest BCUT2D eigenvalue weighted by Gasteiger charge is 2.65. The Hall–Kier alpha value is -2.15. The molecule has 7 nitrogen and oxygen atoms in total. The van der Waals surface area contributed by atoms with Gasteiger partial charge in [-0.2, -0.15) is 0 Å². The molecule has 160 valence electrons. The minimum Gasteiger partial charge on any atom is -0.465 e. The van der Waals surface area contributed by atoms with Crippen LogP contribution < -0.4 is 5.32 Å². The van der Waals surface area contributed by atoms with E-state index < -0.39 is 17.6 Å². The summed E-state index contributed by atoms with van der Waals surface area (Å²) in [5.41, 5.74) is 0.436. The molecular formula is C22H32N2O5. The van der Waals surface area contributed by atoms with E-state index in [1.165, 1.54) is 19.3 Å². The molecule has 0 aliphatic carbocycles. The Morgan fingerprint density at radius 3 is 2.66 bits per heavy atom. The molecule has 29 heavy (non-hydrogen) atoms. The Kier molecular flexibility index (Phi) is 6.77. The van der Waals surface area contributed by atoms with Gasteiger partial charge in [-0.3, -0.25) is 14.4 Å². The van der Waals surface area contributed by atoms with Crippen LogP contribution in [0.5, 0.6) is 0 Å². The molecule has 1 saturated heterocycles. The lowest BCUT2D eigenvalue weighted by Crippen LogP contribution is -2.55. The second-order valence-corrected chi connectivity index (χ2v) is 7.94. The van der Waals surface area contributed by atoms with Crippen molar-refractivity contribution >= 4 is 17.8 Å². The smallest absolute Gasteiger partial charge is 0.325 e. The van der Waals surface area contributed by atoms with Gasteiger partial charge in [0.1, 0.15) is 18.2 Å². The maximum absolute atomic E-state index is 13.2. The van der Waals surface area contributed by atoms with Gasteiger partial charge in [0.15, 0.2) is 0 Å². The Balaban J connectivity index is 1.72. The molecule has 1 fully saturated rings. The van der Waals surface area contributed by atoms with Gasteiger partial charge in [-0.1, -0.05) is 45.1 Å². The lowest BCUT2D eigenvalue weighted by Gasteiger charge is -2.31. The van der Waals surface area contributed by atoms with Crippen LogP contribution in [0.1, 0.15) is 59.3 Å². The molecule has 0 aromatic rings. The van der Waals surface area contributed by atoms with Crippen LogP contribution in [-0.4, -0.2) is 60.1 Å². The van der Waals surface area contributed by atoms with E-state index in [1.54, 1.807) is 11.8 Å². The molecule has 2 amide bonds. The van der Waals surface area contributed by atoms with Crippen molar-refractivity contribution in [1.29, 1.82) is 0 Å². The van der Waals surface area contributed by atoms with Gasteiger partial charge in [0.2, 0.25) is 5.91 Å². The second-order valence-electron chi connectivity index (χ2n) is 7.94. The van der Waals surface area contributed by atoms with E-state index in [4.69, 9.17) is 9.47 Å². The van der Waals surface area contributed by atoms with Gasteiger partial charge in [0.25, 0.3) is 5.91 Å². The summed E-state index contributed by atoms with van der Waals surface area (Å²) in [6.45, 7) is 6.33. The van der Waals surface area contributed by atoms with Crippen molar-refractivity contribution in [2.75, 3.05) is 19.7 Å². The highest BCUT2D eigenvalue weighted by molar-refractivity contribution is 6.07. The predicted octanol–water partition coefficient (Wildman–Crippen LogP) is 2.26. The highest BCUT2D eigenvalue weighted by atomic mass is 16.5. The first-order valence-electron chi connectivity index (χ1n) is 10.8. The van der Waals surface area contributed by atoms with Crippen molar-refractivity contribution in [3.8, 4) is 0 Å². The maximum atomic E-state index is 13.2. The van der Waals surface area contributed by atoms with Crippen molar-refractivity contribution in [2.24, 2.45) is 0 Å². The first kappa shape index (κ1) is 21.6. The van der Waals surface area contributed by atoms with E-state index in [2.05, 4.69) is 12.2 Å². The van der Waals surface area contributed by atoms with Crippen LogP contribution >= 0.6 is 0 Å². The largest absolute Gasteiger partial charge is 0.465 e. The zero-order chi connectivity index (χ0) is 21.0. The SMILES string of the molecule is CCCCCCCCN1C(=O)C2=C(C)[C@H]3C=C[C@@]2(O3)[C@H]1C(=O)NCC(=O)OCC. The molecule has 0 aromatic heterocycles. The maximum Gasteiger partial charge on any atom is 0.325 e. The summed E-state index contributed by atoms with van der Waals surface area (Å²) in [5.74, 6) is -1.00. The fourth-order valence-electron chi connectivity index (χ4n) is 4.56. The van der Waals surface area contributed by atoms with E-state index >= 15 is 0 Å². The number of amides is 2. The van der Waals surface area contributed by atoms with Crippen molar-refractivity contribution in [1.82, 2.24) is 10.2 Å². The second kappa shape index (κ2) is 9.11. The average molecular weight is 405 g/mol. The number of nitrogens with one attached hydrogen (secondary N) is 1. The van der Waals surface area contributed by atoms with Crippen molar-refractivity contribution in [3.05, 3.63) is 23.3 Å². The minimum absolute atomic E-state index is 0.126. The van der Waals surface area contributed by atoms with Crippen molar-refractivity contribution < 1.29 is 23.9 Å². The number of carbonyl (C=O) groups is 3. The molecule has 0 saturated carbocycles. The first-order chi connectivity index (χ1) is 14.0. The molecule has 0 radical (unpaired) electrons. The standard InChI is InChI=1S/C22H32N2O5/c1-4-6-7-8-9-10-13-24-19(20(26)23-14-17(25)28-5-2)22-12-11-16(29-22)15(3)18(22)21(24)27/h11-12,16,19H,4-10,13-14H2,1-3H3,(H,23,26)/t16-,19-,22+/m1/s1. The highest BCUT2D eigenvalue weighted by Crippen LogP contribution is 2.51. The van der Waals surface area contributed by atoms with E-state index in [1.807, 2.05) is 19.1 Å². The Bertz CT molecular complexity index is 729. The van der Waals surface area contributed by atoms with Gasteiger partial charge < -0.3 is 19.7 Å². The van der Waals surface area contributed by atoms with E-state index in [0.717, 1.165) is 24.8 Å². The van der Waals surface area contributed by atoms with Crippen molar-refractivity contribution in [3.63, 3.8) is 0 Å². The zero-order valence-electron chi connectivity index (χ0n) is 17.7.